The molecule has 3 rings (SSSR count). The first kappa shape index (κ1) is 18.1. The Morgan fingerprint density at radius 1 is 1.40 bits per heavy atom. The van der Waals surface area contributed by atoms with E-state index >= 15 is 0 Å². The number of morpholine rings is 1. The molecule has 1 aromatic carbocycles. The molecule has 134 valence electrons. The van der Waals surface area contributed by atoms with Crippen molar-refractivity contribution in [2.75, 3.05) is 24.2 Å². The molecule has 1 aliphatic heterocycles. The number of ether oxygens (including phenoxy) is 1. The zero-order valence-corrected chi connectivity index (χ0v) is 15.6. The van der Waals surface area contributed by atoms with Gasteiger partial charge in [-0.25, -0.2) is 4.39 Å². The van der Waals surface area contributed by atoms with Gasteiger partial charge in [-0.1, -0.05) is 29.2 Å². The van der Waals surface area contributed by atoms with Crippen LogP contribution in [0.5, 0.6) is 0 Å². The Hall–Kier alpha value is -1.71. The van der Waals surface area contributed by atoms with Gasteiger partial charge in [0.25, 0.3) is 0 Å². The molecule has 0 bridgehead atoms. The number of amides is 1. The van der Waals surface area contributed by atoms with Crippen molar-refractivity contribution in [2.45, 2.75) is 30.4 Å². The summed E-state index contributed by atoms with van der Waals surface area (Å²) >= 11 is 2.69. The number of hydrogen-bond donors (Lipinski definition) is 1. The molecule has 0 radical (unpaired) electrons. The summed E-state index contributed by atoms with van der Waals surface area (Å²) in [5.41, 5.74) is 0.611. The number of carbonyl (C=O) groups excluding carboxylic acids is 1. The first-order valence-electron chi connectivity index (χ1n) is 7.91. The SMILES string of the molecule is CC1CN(C(=O)CSc2nnc(Nc3cccc(F)c3)s2)CC(C)O1. The van der Waals surface area contributed by atoms with E-state index in [-0.39, 0.29) is 23.9 Å². The van der Waals surface area contributed by atoms with Gasteiger partial charge in [0.15, 0.2) is 4.34 Å². The maximum Gasteiger partial charge on any atom is 0.233 e. The summed E-state index contributed by atoms with van der Waals surface area (Å²) in [5, 5.41) is 11.7. The molecule has 25 heavy (non-hydrogen) atoms. The molecule has 1 fully saturated rings. The first-order valence-corrected chi connectivity index (χ1v) is 9.72. The highest BCUT2D eigenvalue weighted by Gasteiger charge is 2.25. The van der Waals surface area contributed by atoms with E-state index < -0.39 is 0 Å². The van der Waals surface area contributed by atoms with Crippen LogP contribution in [0.1, 0.15) is 13.8 Å². The van der Waals surface area contributed by atoms with E-state index in [9.17, 15) is 9.18 Å². The van der Waals surface area contributed by atoms with Gasteiger partial charge in [-0.3, -0.25) is 4.79 Å². The maximum atomic E-state index is 13.2. The third-order valence-corrected chi connectivity index (χ3v) is 5.53. The van der Waals surface area contributed by atoms with Crippen LogP contribution < -0.4 is 5.32 Å². The van der Waals surface area contributed by atoms with E-state index in [1.807, 2.05) is 18.7 Å². The van der Waals surface area contributed by atoms with Gasteiger partial charge < -0.3 is 15.0 Å². The molecule has 0 spiro atoms. The molecule has 2 unspecified atom stereocenters. The van der Waals surface area contributed by atoms with E-state index in [1.54, 1.807) is 12.1 Å². The number of aromatic nitrogens is 2. The van der Waals surface area contributed by atoms with E-state index in [1.165, 1.54) is 35.2 Å². The van der Waals surface area contributed by atoms with Crippen molar-refractivity contribution >= 4 is 39.8 Å². The molecule has 1 N–H and O–H groups in total. The highest BCUT2D eigenvalue weighted by molar-refractivity contribution is 8.01. The molecule has 0 saturated carbocycles. The van der Waals surface area contributed by atoms with Crippen LogP contribution in [-0.4, -0.2) is 52.1 Å². The maximum absolute atomic E-state index is 13.2. The van der Waals surface area contributed by atoms with Gasteiger partial charge in [0, 0.05) is 18.8 Å². The van der Waals surface area contributed by atoms with Crippen LogP contribution in [0.3, 0.4) is 0 Å². The van der Waals surface area contributed by atoms with Crippen LogP contribution in [0.15, 0.2) is 28.6 Å². The average molecular weight is 382 g/mol. The van der Waals surface area contributed by atoms with Gasteiger partial charge in [0.1, 0.15) is 5.82 Å². The van der Waals surface area contributed by atoms with Crippen molar-refractivity contribution in [3.8, 4) is 0 Å². The lowest BCUT2D eigenvalue weighted by Crippen LogP contribution is -2.48. The summed E-state index contributed by atoms with van der Waals surface area (Å²) in [5.74, 6) is 0.0686. The van der Waals surface area contributed by atoms with E-state index in [4.69, 9.17) is 4.74 Å². The Morgan fingerprint density at radius 3 is 2.88 bits per heavy atom. The van der Waals surface area contributed by atoms with Crippen molar-refractivity contribution < 1.29 is 13.9 Å². The number of rotatable bonds is 5. The van der Waals surface area contributed by atoms with Crippen molar-refractivity contribution in [1.29, 1.82) is 0 Å². The van der Waals surface area contributed by atoms with Crippen LogP contribution in [0.2, 0.25) is 0 Å². The summed E-state index contributed by atoms with van der Waals surface area (Å²) in [6.45, 7) is 5.18. The van der Waals surface area contributed by atoms with Gasteiger partial charge in [-0.15, -0.1) is 10.2 Å². The molecular weight excluding hydrogens is 363 g/mol. The molecule has 1 amide bonds. The number of anilines is 2. The number of carbonyl (C=O) groups is 1. The fraction of sp³-hybridized carbons (Fsp3) is 0.438. The number of nitrogens with one attached hydrogen (secondary N) is 1. The third-order valence-electron chi connectivity index (χ3n) is 3.57. The number of benzene rings is 1. The second-order valence-corrected chi connectivity index (χ2v) is 8.05. The quantitative estimate of drug-likeness (QED) is 0.802. The fourth-order valence-electron chi connectivity index (χ4n) is 2.60. The lowest BCUT2D eigenvalue weighted by molar-refractivity contribution is -0.140. The summed E-state index contributed by atoms with van der Waals surface area (Å²) in [6, 6.07) is 6.14. The minimum Gasteiger partial charge on any atom is -0.372 e. The number of nitrogens with zero attached hydrogens (tertiary/aromatic N) is 3. The summed E-state index contributed by atoms with van der Waals surface area (Å²) in [7, 11) is 0. The van der Waals surface area contributed by atoms with Crippen molar-refractivity contribution in [3.05, 3.63) is 30.1 Å². The van der Waals surface area contributed by atoms with Crippen molar-refractivity contribution in [1.82, 2.24) is 15.1 Å². The van der Waals surface area contributed by atoms with Crippen LogP contribution in [0.4, 0.5) is 15.2 Å². The topological polar surface area (TPSA) is 67.4 Å². The summed E-state index contributed by atoms with van der Waals surface area (Å²) in [6.07, 6.45) is 0.114. The minimum absolute atomic E-state index is 0.0568. The standard InChI is InChI=1S/C16H19FN4O2S2/c1-10-7-21(8-11(2)23-10)14(22)9-24-16-20-19-15(25-16)18-13-5-3-4-12(17)6-13/h3-6,10-11H,7-9H2,1-2H3,(H,18,19). The normalized spacial score (nSPS) is 20.5. The molecule has 1 aliphatic rings. The Kier molecular flexibility index (Phi) is 5.87. The largest absolute Gasteiger partial charge is 0.372 e. The molecule has 1 aromatic heterocycles. The summed E-state index contributed by atoms with van der Waals surface area (Å²) in [4.78, 5) is 14.2. The lowest BCUT2D eigenvalue weighted by atomic mass is 10.2. The molecular formula is C16H19FN4O2S2. The zero-order valence-electron chi connectivity index (χ0n) is 13.9. The minimum atomic E-state index is -0.316. The van der Waals surface area contributed by atoms with Crippen LogP contribution in [0, 0.1) is 5.82 Å². The summed E-state index contributed by atoms with van der Waals surface area (Å²) < 4.78 is 19.5. The van der Waals surface area contributed by atoms with Crippen molar-refractivity contribution in [2.24, 2.45) is 0 Å². The molecule has 1 saturated heterocycles. The third kappa shape index (κ3) is 5.13. The molecule has 6 nitrogen and oxygen atoms in total. The van der Waals surface area contributed by atoms with Crippen LogP contribution in [-0.2, 0) is 9.53 Å². The van der Waals surface area contributed by atoms with E-state index in [0.29, 0.717) is 34.0 Å². The predicted molar refractivity (Wildman–Crippen MR) is 96.9 cm³/mol. The Balaban J connectivity index is 1.52. The van der Waals surface area contributed by atoms with Crippen molar-refractivity contribution in [3.63, 3.8) is 0 Å². The fourth-order valence-corrected chi connectivity index (χ4v) is 4.28. The van der Waals surface area contributed by atoms with Gasteiger partial charge in [0.05, 0.1) is 18.0 Å². The average Bonchev–Trinajstić information content (AvgIpc) is 2.99. The predicted octanol–water partition coefficient (Wildman–Crippen LogP) is 3.15. The Bertz CT molecular complexity index is 732. The van der Waals surface area contributed by atoms with Gasteiger partial charge >= 0.3 is 0 Å². The highest BCUT2D eigenvalue weighted by Crippen LogP contribution is 2.28. The number of hydrogen-bond acceptors (Lipinski definition) is 7. The second kappa shape index (κ2) is 8.11. The second-order valence-electron chi connectivity index (χ2n) is 5.85. The molecule has 2 atom stereocenters. The highest BCUT2D eigenvalue weighted by atomic mass is 32.2. The molecule has 9 heteroatoms. The van der Waals surface area contributed by atoms with Gasteiger partial charge in [-0.2, -0.15) is 0 Å². The molecule has 2 aromatic rings. The molecule has 2 heterocycles. The van der Waals surface area contributed by atoms with E-state index in [2.05, 4.69) is 15.5 Å². The monoisotopic (exact) mass is 382 g/mol. The Labute approximate surface area is 153 Å². The zero-order chi connectivity index (χ0) is 17.8. The van der Waals surface area contributed by atoms with Gasteiger partial charge in [0.2, 0.25) is 11.0 Å². The first-order chi connectivity index (χ1) is 12.0. The van der Waals surface area contributed by atoms with Gasteiger partial charge in [-0.05, 0) is 32.0 Å². The lowest BCUT2D eigenvalue weighted by Gasteiger charge is -2.35. The Morgan fingerprint density at radius 2 is 2.16 bits per heavy atom. The van der Waals surface area contributed by atoms with E-state index in [0.717, 1.165) is 0 Å². The smallest absolute Gasteiger partial charge is 0.233 e. The van der Waals surface area contributed by atoms with Crippen LogP contribution in [0.25, 0.3) is 0 Å². The molecule has 0 aliphatic carbocycles. The number of thioether (sulfide) groups is 1. The van der Waals surface area contributed by atoms with Crippen LogP contribution >= 0.6 is 23.1 Å². The number of halogens is 1.